The highest BCUT2D eigenvalue weighted by Crippen LogP contribution is 2.33. The summed E-state index contributed by atoms with van der Waals surface area (Å²) >= 11 is 5.90. The van der Waals surface area contributed by atoms with Gasteiger partial charge in [0.15, 0.2) is 11.0 Å². The van der Waals surface area contributed by atoms with Crippen molar-refractivity contribution in [3.8, 4) is 0 Å². The molecule has 2 aliphatic heterocycles. The Morgan fingerprint density at radius 2 is 2.13 bits per heavy atom. The zero-order valence-electron chi connectivity index (χ0n) is 13.2. The molecular weight excluding hydrogens is 322 g/mol. The van der Waals surface area contributed by atoms with Crippen molar-refractivity contribution in [3.05, 3.63) is 11.2 Å². The van der Waals surface area contributed by atoms with Gasteiger partial charge >= 0.3 is 6.09 Å². The van der Waals surface area contributed by atoms with Gasteiger partial charge in [-0.3, -0.25) is 4.79 Å². The molecule has 0 aromatic carbocycles. The number of fused-ring (bicyclic) bond motifs is 3. The Morgan fingerprint density at radius 1 is 1.39 bits per heavy atom. The Kier molecular flexibility index (Phi) is 3.79. The minimum absolute atomic E-state index is 0.220. The fraction of sp³-hybridized carbons (Fsp3) is 0.571. The van der Waals surface area contributed by atoms with E-state index in [2.05, 4.69) is 15.5 Å². The first kappa shape index (κ1) is 15.8. The van der Waals surface area contributed by atoms with Crippen LogP contribution in [-0.4, -0.2) is 58.4 Å². The molecule has 1 atom stereocenters. The van der Waals surface area contributed by atoms with Crippen LogP contribution in [0.2, 0.25) is 5.15 Å². The number of anilines is 2. The maximum atomic E-state index is 12.3. The number of hydrogen-bond acceptors (Lipinski definition) is 6. The van der Waals surface area contributed by atoms with Crippen LogP contribution in [0.15, 0.2) is 6.07 Å². The van der Waals surface area contributed by atoms with Gasteiger partial charge in [-0.25, -0.2) is 4.79 Å². The first-order valence-electron chi connectivity index (χ1n) is 7.33. The van der Waals surface area contributed by atoms with Gasteiger partial charge in [0.25, 0.3) is 0 Å². The molecule has 1 unspecified atom stereocenters. The molecule has 2 aliphatic rings. The molecule has 8 nitrogen and oxygen atoms in total. The Bertz CT molecular complexity index is 660. The van der Waals surface area contributed by atoms with Crippen LogP contribution in [0.25, 0.3) is 0 Å². The van der Waals surface area contributed by atoms with Crippen LogP contribution in [0, 0.1) is 0 Å². The summed E-state index contributed by atoms with van der Waals surface area (Å²) in [6.45, 7) is 6.63. The molecule has 3 rings (SSSR count). The number of nitrogens with zero attached hydrogens (tertiary/aromatic N) is 4. The van der Waals surface area contributed by atoms with Gasteiger partial charge in [0.05, 0.1) is 12.2 Å². The highest BCUT2D eigenvalue weighted by Gasteiger charge is 2.40. The monoisotopic (exact) mass is 339 g/mol. The minimum Gasteiger partial charge on any atom is -0.444 e. The largest absolute Gasteiger partial charge is 0.444 e. The van der Waals surface area contributed by atoms with E-state index in [1.54, 1.807) is 11.0 Å². The van der Waals surface area contributed by atoms with E-state index in [0.717, 1.165) is 5.69 Å². The van der Waals surface area contributed by atoms with Crippen molar-refractivity contribution in [1.82, 2.24) is 15.1 Å². The van der Waals surface area contributed by atoms with Gasteiger partial charge in [-0.2, -0.15) is 0 Å². The minimum atomic E-state index is -0.571. The normalized spacial score (nSPS) is 20.5. The first-order chi connectivity index (χ1) is 10.7. The quantitative estimate of drug-likeness (QED) is 0.771. The average molecular weight is 340 g/mol. The van der Waals surface area contributed by atoms with Gasteiger partial charge in [-0.1, -0.05) is 11.6 Å². The number of aromatic nitrogens is 2. The number of amides is 2. The predicted molar refractivity (Wildman–Crippen MR) is 84.6 cm³/mol. The van der Waals surface area contributed by atoms with Crippen molar-refractivity contribution in [2.75, 3.05) is 29.9 Å². The van der Waals surface area contributed by atoms with Crippen molar-refractivity contribution >= 4 is 35.1 Å². The molecular formula is C14H18ClN5O3. The third-order valence-electron chi connectivity index (χ3n) is 3.63. The molecule has 3 heterocycles. The van der Waals surface area contributed by atoms with Crippen molar-refractivity contribution in [2.45, 2.75) is 32.4 Å². The lowest BCUT2D eigenvalue weighted by atomic mass is 10.1. The average Bonchev–Trinajstić information content (AvgIpc) is 2.46. The summed E-state index contributed by atoms with van der Waals surface area (Å²) in [4.78, 5) is 27.9. The molecule has 1 aromatic heterocycles. The van der Waals surface area contributed by atoms with Crippen molar-refractivity contribution < 1.29 is 14.3 Å². The molecule has 23 heavy (non-hydrogen) atoms. The van der Waals surface area contributed by atoms with E-state index in [0.29, 0.717) is 18.9 Å². The number of piperazine rings is 1. The summed E-state index contributed by atoms with van der Waals surface area (Å²) in [5.74, 6) is 0.170. The van der Waals surface area contributed by atoms with Crippen LogP contribution in [0.3, 0.4) is 0 Å². The number of nitrogens with one attached hydrogen (secondary N) is 1. The van der Waals surface area contributed by atoms with Crippen LogP contribution in [0.5, 0.6) is 0 Å². The standard InChI is InChI=1S/C14H18ClN5O3/c1-14(2,3)23-13(22)19-4-5-20-8-6-10(15)17-18-11(8)16-12(21)9(20)7-19/h6,9H,4-5,7H2,1-3H3,(H,16,18,21). The molecule has 1 aromatic rings. The van der Waals surface area contributed by atoms with Gasteiger partial charge in [0.1, 0.15) is 11.6 Å². The second kappa shape index (κ2) is 5.52. The number of halogens is 1. The maximum absolute atomic E-state index is 12.3. The molecule has 0 aliphatic carbocycles. The van der Waals surface area contributed by atoms with Gasteiger partial charge in [0, 0.05) is 19.2 Å². The second-order valence-corrected chi connectivity index (χ2v) is 6.91. The molecule has 2 amide bonds. The number of carbonyl (C=O) groups is 2. The SMILES string of the molecule is CC(C)(C)OC(=O)N1CCN2c3cc(Cl)nnc3NC(=O)C2C1. The Hall–Kier alpha value is -2.09. The maximum Gasteiger partial charge on any atom is 0.410 e. The first-order valence-corrected chi connectivity index (χ1v) is 7.71. The van der Waals surface area contributed by atoms with Crippen LogP contribution in [0.1, 0.15) is 20.8 Å². The number of carbonyl (C=O) groups excluding carboxylic acids is 2. The van der Waals surface area contributed by atoms with Crippen molar-refractivity contribution in [2.24, 2.45) is 0 Å². The van der Waals surface area contributed by atoms with Crippen LogP contribution >= 0.6 is 11.6 Å². The highest BCUT2D eigenvalue weighted by molar-refractivity contribution is 6.29. The van der Waals surface area contributed by atoms with E-state index >= 15 is 0 Å². The van der Waals surface area contributed by atoms with Gasteiger partial charge < -0.3 is 19.9 Å². The van der Waals surface area contributed by atoms with E-state index in [-0.39, 0.29) is 17.6 Å². The van der Waals surface area contributed by atoms with E-state index < -0.39 is 17.7 Å². The van der Waals surface area contributed by atoms with Crippen LogP contribution in [0.4, 0.5) is 16.3 Å². The van der Waals surface area contributed by atoms with Gasteiger partial charge in [-0.05, 0) is 20.8 Å². The van der Waals surface area contributed by atoms with Gasteiger partial charge in [-0.15, -0.1) is 10.2 Å². The fourth-order valence-corrected chi connectivity index (χ4v) is 2.80. The van der Waals surface area contributed by atoms with Crippen molar-refractivity contribution in [3.63, 3.8) is 0 Å². The highest BCUT2D eigenvalue weighted by atomic mass is 35.5. The summed E-state index contributed by atoms with van der Waals surface area (Å²) < 4.78 is 5.37. The second-order valence-electron chi connectivity index (χ2n) is 6.53. The molecule has 124 valence electrons. The third-order valence-corrected chi connectivity index (χ3v) is 3.81. The molecule has 1 N–H and O–H groups in total. The van der Waals surface area contributed by atoms with Gasteiger partial charge in [0.2, 0.25) is 5.91 Å². The lowest BCUT2D eigenvalue weighted by Crippen LogP contribution is -2.61. The molecule has 0 spiro atoms. The summed E-state index contributed by atoms with van der Waals surface area (Å²) in [7, 11) is 0. The third kappa shape index (κ3) is 3.17. The number of hydrogen-bond donors (Lipinski definition) is 1. The molecule has 1 saturated heterocycles. The zero-order chi connectivity index (χ0) is 16.8. The summed E-state index contributed by atoms with van der Waals surface area (Å²) in [6, 6.07) is 1.17. The summed E-state index contributed by atoms with van der Waals surface area (Å²) in [5.41, 5.74) is 0.150. The topological polar surface area (TPSA) is 87.7 Å². The number of rotatable bonds is 0. The van der Waals surface area contributed by atoms with Crippen molar-refractivity contribution in [1.29, 1.82) is 0 Å². The molecule has 0 bridgehead atoms. The molecule has 9 heteroatoms. The van der Waals surface area contributed by atoms with E-state index in [9.17, 15) is 9.59 Å². The Labute approximate surface area is 138 Å². The Morgan fingerprint density at radius 3 is 2.83 bits per heavy atom. The van der Waals surface area contributed by atoms with Crippen LogP contribution < -0.4 is 10.2 Å². The van der Waals surface area contributed by atoms with E-state index in [1.807, 2.05) is 25.7 Å². The number of ether oxygens (including phenoxy) is 1. The Balaban J connectivity index is 1.80. The smallest absolute Gasteiger partial charge is 0.410 e. The van der Waals surface area contributed by atoms with E-state index in [1.165, 1.54) is 0 Å². The summed E-state index contributed by atoms with van der Waals surface area (Å²) in [6.07, 6.45) is -0.415. The van der Waals surface area contributed by atoms with E-state index in [4.69, 9.17) is 16.3 Å². The summed E-state index contributed by atoms with van der Waals surface area (Å²) in [5, 5.41) is 10.6. The fourth-order valence-electron chi connectivity index (χ4n) is 2.65. The predicted octanol–water partition coefficient (Wildman–Crippen LogP) is 1.51. The molecule has 0 radical (unpaired) electrons. The lowest BCUT2D eigenvalue weighted by Gasteiger charge is -2.44. The zero-order valence-corrected chi connectivity index (χ0v) is 13.9. The van der Waals surface area contributed by atoms with Crippen LogP contribution in [-0.2, 0) is 9.53 Å². The molecule has 1 fully saturated rings. The molecule has 0 saturated carbocycles. The lowest BCUT2D eigenvalue weighted by molar-refractivity contribution is -0.118.